The van der Waals surface area contributed by atoms with E-state index in [-0.39, 0.29) is 28.4 Å². The summed E-state index contributed by atoms with van der Waals surface area (Å²) in [5.41, 5.74) is 0.930. The molecule has 0 spiro atoms. The Bertz CT molecular complexity index is 969. The topological polar surface area (TPSA) is 66.9 Å². The molecule has 1 aromatic heterocycles. The van der Waals surface area contributed by atoms with E-state index in [1.807, 2.05) is 4.90 Å². The summed E-state index contributed by atoms with van der Waals surface area (Å²) < 4.78 is 45.7. The van der Waals surface area contributed by atoms with Crippen molar-refractivity contribution in [2.45, 2.75) is 29.5 Å². The molecular weight excluding hydrogens is 415 g/mol. The summed E-state index contributed by atoms with van der Waals surface area (Å²) in [6.45, 7) is 2.15. The Morgan fingerprint density at radius 2 is 1.83 bits per heavy atom. The number of hydrogen-bond acceptors (Lipinski definition) is 5. The molecule has 2 aliphatic rings. The second-order valence-electron chi connectivity index (χ2n) is 7.21. The van der Waals surface area contributed by atoms with Crippen LogP contribution in [0.25, 0.3) is 0 Å². The van der Waals surface area contributed by atoms with Crippen LogP contribution in [0.3, 0.4) is 0 Å². The molecule has 0 aliphatic carbocycles. The normalized spacial score (nSPS) is 20.9. The summed E-state index contributed by atoms with van der Waals surface area (Å²) in [4.78, 5) is 15.5. The minimum absolute atomic E-state index is 0.0333. The number of halogens is 1. The van der Waals surface area contributed by atoms with Crippen molar-refractivity contribution in [3.8, 4) is 0 Å². The second kappa shape index (κ2) is 8.51. The number of benzene rings is 1. The molecule has 29 heavy (non-hydrogen) atoms. The molecule has 9 heteroatoms. The van der Waals surface area contributed by atoms with Crippen LogP contribution in [0.2, 0.25) is 0 Å². The summed E-state index contributed by atoms with van der Waals surface area (Å²) in [6, 6.07) is 9.53. The Balaban J connectivity index is 1.45. The lowest BCUT2D eigenvalue weighted by molar-refractivity contribution is -0.131. The Morgan fingerprint density at radius 3 is 2.55 bits per heavy atom. The molecule has 2 fully saturated rings. The van der Waals surface area contributed by atoms with Gasteiger partial charge in [-0.25, -0.2) is 12.8 Å². The first-order valence-corrected chi connectivity index (χ1v) is 11.9. The van der Waals surface area contributed by atoms with Crippen molar-refractivity contribution >= 4 is 27.3 Å². The molecule has 0 unspecified atom stereocenters. The molecule has 0 bridgehead atoms. The fourth-order valence-electron chi connectivity index (χ4n) is 3.85. The number of morpholine rings is 1. The van der Waals surface area contributed by atoms with Crippen LogP contribution in [0.1, 0.15) is 29.3 Å². The van der Waals surface area contributed by atoms with Crippen molar-refractivity contribution in [3.63, 3.8) is 0 Å². The maximum Gasteiger partial charge on any atom is 0.252 e. The quantitative estimate of drug-likeness (QED) is 0.720. The van der Waals surface area contributed by atoms with Crippen LogP contribution >= 0.6 is 11.3 Å². The average Bonchev–Trinajstić information content (AvgIpc) is 3.39. The van der Waals surface area contributed by atoms with Gasteiger partial charge in [-0.3, -0.25) is 4.79 Å². The maximum absolute atomic E-state index is 13.2. The first-order chi connectivity index (χ1) is 13.9. The molecular formula is C20H23FN2O4S2. The van der Waals surface area contributed by atoms with Gasteiger partial charge in [-0.1, -0.05) is 12.1 Å². The van der Waals surface area contributed by atoms with Crippen molar-refractivity contribution in [1.29, 1.82) is 0 Å². The maximum atomic E-state index is 13.2. The van der Waals surface area contributed by atoms with E-state index in [1.165, 1.54) is 16.4 Å². The van der Waals surface area contributed by atoms with Gasteiger partial charge in [0.05, 0.1) is 25.7 Å². The minimum Gasteiger partial charge on any atom is -0.379 e. The van der Waals surface area contributed by atoms with Crippen molar-refractivity contribution in [3.05, 3.63) is 52.7 Å². The van der Waals surface area contributed by atoms with E-state index >= 15 is 0 Å². The summed E-state index contributed by atoms with van der Waals surface area (Å²) in [5, 5.41) is 0. The van der Waals surface area contributed by atoms with Crippen LogP contribution < -0.4 is 0 Å². The van der Waals surface area contributed by atoms with Crippen molar-refractivity contribution in [2.24, 2.45) is 0 Å². The van der Waals surface area contributed by atoms with Crippen LogP contribution in [-0.4, -0.2) is 56.4 Å². The smallest absolute Gasteiger partial charge is 0.252 e. The number of carbonyl (C=O) groups is 1. The zero-order valence-electron chi connectivity index (χ0n) is 15.9. The first kappa shape index (κ1) is 20.5. The molecule has 1 amide bonds. The number of sulfonamides is 1. The largest absolute Gasteiger partial charge is 0.379 e. The zero-order chi connectivity index (χ0) is 20.4. The number of nitrogens with zero attached hydrogens (tertiary/aromatic N) is 2. The molecule has 4 rings (SSSR count). The molecule has 2 saturated heterocycles. The highest BCUT2D eigenvalue weighted by molar-refractivity contribution is 7.91. The standard InChI is InChI=1S/C20H23FN2O4S2/c21-16-5-3-15(4-6-16)18-2-1-9-23(18)19(24)14-17-7-8-20(28-17)29(25,26)22-10-12-27-13-11-22/h3-8,18H,1-2,9-14H2/t18-/m1/s1. The Hall–Kier alpha value is -1.81. The van der Waals surface area contributed by atoms with E-state index in [9.17, 15) is 17.6 Å². The van der Waals surface area contributed by atoms with E-state index < -0.39 is 10.0 Å². The predicted molar refractivity (Wildman–Crippen MR) is 108 cm³/mol. The van der Waals surface area contributed by atoms with Gasteiger partial charge in [-0.05, 0) is 42.7 Å². The highest BCUT2D eigenvalue weighted by atomic mass is 32.2. The molecule has 2 aromatic rings. The van der Waals surface area contributed by atoms with Gasteiger partial charge in [-0.15, -0.1) is 11.3 Å². The number of amides is 1. The second-order valence-corrected chi connectivity index (χ2v) is 10.5. The van der Waals surface area contributed by atoms with Gasteiger partial charge in [0.25, 0.3) is 10.0 Å². The Labute approximate surface area is 173 Å². The van der Waals surface area contributed by atoms with Crippen molar-refractivity contribution in [2.75, 3.05) is 32.8 Å². The molecule has 3 heterocycles. The Kier molecular flexibility index (Phi) is 6.00. The van der Waals surface area contributed by atoms with E-state index in [0.717, 1.165) is 34.6 Å². The molecule has 2 aliphatic heterocycles. The van der Waals surface area contributed by atoms with E-state index in [1.54, 1.807) is 24.3 Å². The number of hydrogen-bond donors (Lipinski definition) is 0. The lowest BCUT2D eigenvalue weighted by Crippen LogP contribution is -2.40. The van der Waals surface area contributed by atoms with Gasteiger partial charge in [0.15, 0.2) is 0 Å². The summed E-state index contributed by atoms with van der Waals surface area (Å²) in [6.07, 6.45) is 1.91. The predicted octanol–water partition coefficient (Wildman–Crippen LogP) is 2.81. The molecule has 156 valence electrons. The third kappa shape index (κ3) is 4.37. The van der Waals surface area contributed by atoms with Gasteiger partial charge in [0, 0.05) is 24.5 Å². The molecule has 6 nitrogen and oxygen atoms in total. The van der Waals surface area contributed by atoms with Crippen molar-refractivity contribution in [1.82, 2.24) is 9.21 Å². The molecule has 0 saturated carbocycles. The highest BCUT2D eigenvalue weighted by Crippen LogP contribution is 2.33. The third-order valence-corrected chi connectivity index (χ3v) is 8.81. The fraction of sp³-hybridized carbons (Fsp3) is 0.450. The van der Waals surface area contributed by atoms with Crippen LogP contribution in [0.15, 0.2) is 40.6 Å². The Morgan fingerprint density at radius 1 is 1.10 bits per heavy atom. The molecule has 0 radical (unpaired) electrons. The number of rotatable bonds is 5. The number of likely N-dealkylation sites (tertiary alicyclic amines) is 1. The van der Waals surface area contributed by atoms with E-state index in [2.05, 4.69) is 0 Å². The summed E-state index contributed by atoms with van der Waals surface area (Å²) >= 11 is 1.15. The van der Waals surface area contributed by atoms with Gasteiger partial charge >= 0.3 is 0 Å². The number of ether oxygens (including phenoxy) is 1. The summed E-state index contributed by atoms with van der Waals surface area (Å²) in [7, 11) is -3.54. The molecule has 0 N–H and O–H groups in total. The lowest BCUT2D eigenvalue weighted by Gasteiger charge is -2.25. The number of carbonyl (C=O) groups excluding carboxylic acids is 1. The molecule has 1 atom stereocenters. The van der Waals surface area contributed by atoms with Crippen LogP contribution in [0.5, 0.6) is 0 Å². The first-order valence-electron chi connectivity index (χ1n) is 9.67. The number of thiophene rings is 1. The van der Waals surface area contributed by atoms with Crippen LogP contribution in [0, 0.1) is 5.82 Å². The van der Waals surface area contributed by atoms with Crippen LogP contribution in [0.4, 0.5) is 4.39 Å². The van der Waals surface area contributed by atoms with Gasteiger partial charge in [-0.2, -0.15) is 4.31 Å². The minimum atomic E-state index is -3.54. The fourth-order valence-corrected chi connectivity index (χ4v) is 6.76. The third-order valence-electron chi connectivity index (χ3n) is 5.35. The van der Waals surface area contributed by atoms with E-state index in [4.69, 9.17) is 4.74 Å². The van der Waals surface area contributed by atoms with Crippen LogP contribution in [-0.2, 0) is 26.0 Å². The van der Waals surface area contributed by atoms with Gasteiger partial charge in [0.2, 0.25) is 5.91 Å². The van der Waals surface area contributed by atoms with Gasteiger partial charge in [0.1, 0.15) is 10.0 Å². The molecule has 1 aromatic carbocycles. The SMILES string of the molecule is O=C(Cc1ccc(S(=O)(=O)N2CCOCC2)s1)N1CCC[C@@H]1c1ccc(F)cc1. The van der Waals surface area contributed by atoms with E-state index in [0.29, 0.717) is 32.8 Å². The highest BCUT2D eigenvalue weighted by Gasteiger charge is 2.31. The lowest BCUT2D eigenvalue weighted by atomic mass is 10.0. The average molecular weight is 439 g/mol. The van der Waals surface area contributed by atoms with Gasteiger partial charge < -0.3 is 9.64 Å². The van der Waals surface area contributed by atoms with Crippen molar-refractivity contribution < 1.29 is 22.3 Å². The summed E-state index contributed by atoms with van der Waals surface area (Å²) in [5.74, 6) is -0.328. The zero-order valence-corrected chi connectivity index (χ0v) is 17.6. The monoisotopic (exact) mass is 438 g/mol.